The van der Waals surface area contributed by atoms with Gasteiger partial charge in [-0.05, 0) is 66.8 Å². The summed E-state index contributed by atoms with van der Waals surface area (Å²) in [6.07, 6.45) is 1.73. The molecule has 0 amide bonds. The molecule has 1 aliphatic rings. The lowest BCUT2D eigenvalue weighted by atomic mass is 9.75. The monoisotopic (exact) mass is 548 g/mol. The highest BCUT2D eigenvalue weighted by atomic mass is 35.5. The Morgan fingerprint density at radius 1 is 1.03 bits per heavy atom. The van der Waals surface area contributed by atoms with Crippen molar-refractivity contribution in [2.24, 2.45) is 5.41 Å². The number of anilines is 1. The van der Waals surface area contributed by atoms with Crippen molar-refractivity contribution in [2.75, 3.05) is 25.1 Å². The van der Waals surface area contributed by atoms with Gasteiger partial charge in [0.2, 0.25) is 5.89 Å². The first-order valence-electron chi connectivity index (χ1n) is 12.4. The number of hydrogen-bond donors (Lipinski definition) is 0. The van der Waals surface area contributed by atoms with Crippen molar-refractivity contribution < 1.29 is 18.3 Å². The van der Waals surface area contributed by atoms with E-state index in [-0.39, 0.29) is 18.3 Å². The standard InChI is InChI=1S/C28H26ClFN6O3/c1-37-22-6-2-19(3-7-22)16-38-17-26-34-35-27(39-26)24-8-9-25(33-32-24)36-12-10-28(18-31,11-13-36)15-20-4-5-21(30)14-23(20)29/h2-9,14H,10-13,15-17H2,1H3. The lowest BCUT2D eigenvalue weighted by Gasteiger charge is -2.38. The van der Waals surface area contributed by atoms with E-state index < -0.39 is 5.41 Å². The molecule has 0 bridgehead atoms. The molecule has 9 nitrogen and oxygen atoms in total. The number of aromatic nitrogens is 4. The van der Waals surface area contributed by atoms with Crippen LogP contribution >= 0.6 is 11.6 Å². The number of methoxy groups -OCH3 is 1. The third kappa shape index (κ3) is 6.33. The Hall–Kier alpha value is -4.07. The zero-order valence-electron chi connectivity index (χ0n) is 21.3. The SMILES string of the molecule is COc1ccc(COCc2nnc(-c3ccc(N4CCC(C#N)(Cc5ccc(F)cc5Cl)CC4)nn3)o2)cc1. The van der Waals surface area contributed by atoms with Gasteiger partial charge in [0.05, 0.1) is 25.2 Å². The first-order chi connectivity index (χ1) is 19.0. The molecular formula is C28H26ClFN6O3. The summed E-state index contributed by atoms with van der Waals surface area (Å²) in [5.41, 5.74) is 1.67. The van der Waals surface area contributed by atoms with Crippen molar-refractivity contribution in [1.82, 2.24) is 20.4 Å². The van der Waals surface area contributed by atoms with E-state index in [1.165, 1.54) is 12.1 Å². The molecule has 0 radical (unpaired) electrons. The lowest BCUT2D eigenvalue weighted by molar-refractivity contribution is 0.0898. The Morgan fingerprint density at radius 3 is 2.49 bits per heavy atom. The fraction of sp³-hybridized carbons (Fsp3) is 0.321. The van der Waals surface area contributed by atoms with Crippen LogP contribution in [-0.2, 0) is 24.4 Å². The first kappa shape index (κ1) is 26.5. The Labute approximate surface area is 230 Å². The van der Waals surface area contributed by atoms with Crippen LogP contribution in [0.25, 0.3) is 11.6 Å². The number of nitriles is 1. The van der Waals surface area contributed by atoms with Crippen molar-refractivity contribution in [1.29, 1.82) is 5.26 Å². The predicted molar refractivity (Wildman–Crippen MR) is 141 cm³/mol. The molecule has 0 N–H and O–H groups in total. The van der Waals surface area contributed by atoms with Crippen molar-refractivity contribution in [3.05, 3.63) is 82.5 Å². The minimum absolute atomic E-state index is 0.169. The third-order valence-corrected chi connectivity index (χ3v) is 7.17. The van der Waals surface area contributed by atoms with Gasteiger partial charge in [0.1, 0.15) is 23.9 Å². The van der Waals surface area contributed by atoms with Gasteiger partial charge in [-0.2, -0.15) is 5.26 Å². The van der Waals surface area contributed by atoms with Crippen LogP contribution in [0.15, 0.2) is 59.0 Å². The Balaban J connectivity index is 1.15. The van der Waals surface area contributed by atoms with E-state index in [2.05, 4.69) is 31.4 Å². The largest absolute Gasteiger partial charge is 0.497 e. The summed E-state index contributed by atoms with van der Waals surface area (Å²) >= 11 is 6.21. The molecule has 0 atom stereocenters. The topological polar surface area (TPSA) is 110 Å². The van der Waals surface area contributed by atoms with Gasteiger partial charge >= 0.3 is 0 Å². The van der Waals surface area contributed by atoms with Gasteiger partial charge in [-0.3, -0.25) is 0 Å². The van der Waals surface area contributed by atoms with Gasteiger partial charge in [-0.15, -0.1) is 20.4 Å². The van der Waals surface area contributed by atoms with E-state index in [0.29, 0.717) is 61.4 Å². The summed E-state index contributed by atoms with van der Waals surface area (Å²) in [5, 5.41) is 27.0. The molecule has 1 saturated heterocycles. The van der Waals surface area contributed by atoms with Crippen molar-refractivity contribution >= 4 is 17.4 Å². The van der Waals surface area contributed by atoms with E-state index in [4.69, 9.17) is 25.5 Å². The molecule has 11 heteroatoms. The molecule has 5 rings (SSSR count). The van der Waals surface area contributed by atoms with Crippen LogP contribution in [-0.4, -0.2) is 40.6 Å². The fourth-order valence-corrected chi connectivity index (χ4v) is 4.76. The molecule has 2 aromatic carbocycles. The van der Waals surface area contributed by atoms with Crippen LogP contribution in [0.4, 0.5) is 10.2 Å². The highest BCUT2D eigenvalue weighted by Gasteiger charge is 2.36. The van der Waals surface area contributed by atoms with E-state index in [1.54, 1.807) is 19.2 Å². The highest BCUT2D eigenvalue weighted by Crippen LogP contribution is 2.37. The van der Waals surface area contributed by atoms with Crippen molar-refractivity contribution in [3.8, 4) is 23.4 Å². The zero-order chi connectivity index (χ0) is 27.2. The molecule has 0 spiro atoms. The lowest BCUT2D eigenvalue weighted by Crippen LogP contribution is -2.41. The number of halogens is 2. The predicted octanol–water partition coefficient (Wildman–Crippen LogP) is 5.40. The molecule has 1 aliphatic heterocycles. The zero-order valence-corrected chi connectivity index (χ0v) is 22.1. The normalized spacial score (nSPS) is 14.7. The summed E-state index contributed by atoms with van der Waals surface area (Å²) in [5.74, 6) is 1.70. The van der Waals surface area contributed by atoms with Crippen LogP contribution in [0, 0.1) is 22.6 Å². The molecular weight excluding hydrogens is 523 g/mol. The molecule has 1 fully saturated rings. The minimum Gasteiger partial charge on any atom is -0.497 e. The number of piperidine rings is 1. The molecule has 3 heterocycles. The summed E-state index contributed by atoms with van der Waals surface area (Å²) in [6.45, 7) is 1.84. The average molecular weight is 549 g/mol. The molecule has 0 saturated carbocycles. The maximum absolute atomic E-state index is 13.4. The summed E-state index contributed by atoms with van der Waals surface area (Å²) < 4.78 is 29.9. The van der Waals surface area contributed by atoms with E-state index in [0.717, 1.165) is 16.9 Å². The number of nitrogens with zero attached hydrogens (tertiary/aromatic N) is 6. The average Bonchev–Trinajstić information content (AvgIpc) is 3.44. The van der Waals surface area contributed by atoms with E-state index in [1.807, 2.05) is 30.3 Å². The summed E-state index contributed by atoms with van der Waals surface area (Å²) in [6, 6.07) is 18.0. The smallest absolute Gasteiger partial charge is 0.268 e. The van der Waals surface area contributed by atoms with E-state index >= 15 is 0 Å². The molecule has 2 aromatic heterocycles. The second-order valence-corrected chi connectivity index (χ2v) is 9.82. The molecule has 39 heavy (non-hydrogen) atoms. The van der Waals surface area contributed by atoms with Gasteiger partial charge in [0.25, 0.3) is 5.89 Å². The van der Waals surface area contributed by atoms with Crippen molar-refractivity contribution in [2.45, 2.75) is 32.5 Å². The van der Waals surface area contributed by atoms with Gasteiger partial charge in [-0.25, -0.2) is 4.39 Å². The number of ether oxygens (including phenoxy) is 2. The van der Waals surface area contributed by atoms with Crippen LogP contribution in [0.3, 0.4) is 0 Å². The maximum atomic E-state index is 13.4. The first-order valence-corrected chi connectivity index (χ1v) is 12.8. The maximum Gasteiger partial charge on any atom is 0.268 e. The number of benzene rings is 2. The third-order valence-electron chi connectivity index (χ3n) is 6.82. The molecule has 0 aliphatic carbocycles. The van der Waals surface area contributed by atoms with Gasteiger partial charge in [0, 0.05) is 18.1 Å². The quantitative estimate of drug-likeness (QED) is 0.271. The molecule has 4 aromatic rings. The minimum atomic E-state index is -0.569. The van der Waals surface area contributed by atoms with Gasteiger partial charge < -0.3 is 18.8 Å². The van der Waals surface area contributed by atoms with Crippen LogP contribution < -0.4 is 9.64 Å². The molecule has 200 valence electrons. The molecule has 0 unspecified atom stereocenters. The van der Waals surface area contributed by atoms with Gasteiger partial charge in [0.15, 0.2) is 5.82 Å². The van der Waals surface area contributed by atoms with Crippen LogP contribution in [0.1, 0.15) is 29.9 Å². The Morgan fingerprint density at radius 2 is 1.82 bits per heavy atom. The van der Waals surface area contributed by atoms with E-state index in [9.17, 15) is 9.65 Å². The summed E-state index contributed by atoms with van der Waals surface area (Å²) in [7, 11) is 1.62. The second kappa shape index (κ2) is 11.8. The fourth-order valence-electron chi connectivity index (χ4n) is 4.52. The van der Waals surface area contributed by atoms with Crippen molar-refractivity contribution in [3.63, 3.8) is 0 Å². The highest BCUT2D eigenvalue weighted by molar-refractivity contribution is 6.31. The van der Waals surface area contributed by atoms with Crippen LogP contribution in [0.5, 0.6) is 5.75 Å². The van der Waals surface area contributed by atoms with Gasteiger partial charge in [-0.1, -0.05) is 29.8 Å². The summed E-state index contributed by atoms with van der Waals surface area (Å²) in [4.78, 5) is 2.09. The number of hydrogen-bond acceptors (Lipinski definition) is 9. The second-order valence-electron chi connectivity index (χ2n) is 9.41. The number of rotatable bonds is 9. The Bertz CT molecular complexity index is 1450. The van der Waals surface area contributed by atoms with Crippen LogP contribution in [0.2, 0.25) is 5.02 Å². The Kier molecular flexibility index (Phi) is 8.00.